The molecule has 96 valence electrons. The summed E-state index contributed by atoms with van der Waals surface area (Å²) in [5.74, 6) is 0. The van der Waals surface area contributed by atoms with Gasteiger partial charge < -0.3 is 11.1 Å². The molecule has 0 radical (unpaired) electrons. The van der Waals surface area contributed by atoms with Gasteiger partial charge in [-0.05, 0) is 43.9 Å². The van der Waals surface area contributed by atoms with Gasteiger partial charge in [-0.3, -0.25) is 0 Å². The van der Waals surface area contributed by atoms with Crippen molar-refractivity contribution in [1.29, 1.82) is 0 Å². The molecular weight excluding hydrogens is 208 g/mol. The predicted molar refractivity (Wildman–Crippen MR) is 76.5 cm³/mol. The summed E-state index contributed by atoms with van der Waals surface area (Å²) in [5.41, 5.74) is 8.42. The molecule has 0 unspecified atom stereocenters. The Hall–Kier alpha value is -1.02. The minimum Gasteiger partial charge on any atom is -0.380 e. The van der Waals surface area contributed by atoms with Crippen LogP contribution in [0, 0.1) is 0 Å². The zero-order valence-electron chi connectivity index (χ0n) is 11.8. The number of anilines is 1. The van der Waals surface area contributed by atoms with Gasteiger partial charge >= 0.3 is 0 Å². The quantitative estimate of drug-likeness (QED) is 0.836. The first-order chi connectivity index (χ1) is 7.76. The van der Waals surface area contributed by atoms with Crippen molar-refractivity contribution in [1.82, 2.24) is 0 Å². The molecule has 0 aliphatic rings. The number of rotatable bonds is 4. The van der Waals surface area contributed by atoms with Crippen molar-refractivity contribution in [2.45, 2.75) is 52.0 Å². The van der Waals surface area contributed by atoms with Crippen molar-refractivity contribution in [3.8, 4) is 0 Å². The van der Waals surface area contributed by atoms with Crippen molar-refractivity contribution in [2.24, 2.45) is 5.73 Å². The van der Waals surface area contributed by atoms with Crippen LogP contribution in [0.5, 0.6) is 0 Å². The fourth-order valence-electron chi connectivity index (χ4n) is 2.03. The summed E-state index contributed by atoms with van der Waals surface area (Å²) in [6.07, 6.45) is 0.964. The van der Waals surface area contributed by atoms with Gasteiger partial charge in [0.15, 0.2) is 0 Å². The van der Waals surface area contributed by atoms with E-state index in [2.05, 4.69) is 64.2 Å². The van der Waals surface area contributed by atoms with Crippen LogP contribution in [-0.4, -0.2) is 12.1 Å². The van der Waals surface area contributed by atoms with E-state index in [1.54, 1.807) is 0 Å². The zero-order chi connectivity index (χ0) is 13.1. The number of nitrogens with one attached hydrogen (secondary N) is 1. The van der Waals surface area contributed by atoms with Crippen LogP contribution in [0.4, 0.5) is 5.69 Å². The average molecular weight is 234 g/mol. The largest absolute Gasteiger partial charge is 0.380 e. The number of para-hydroxylation sites is 1. The molecule has 2 heteroatoms. The van der Waals surface area contributed by atoms with Gasteiger partial charge in [-0.2, -0.15) is 0 Å². The van der Waals surface area contributed by atoms with Crippen molar-refractivity contribution in [3.63, 3.8) is 0 Å². The van der Waals surface area contributed by atoms with E-state index >= 15 is 0 Å². The molecule has 0 fully saturated rings. The molecule has 1 aromatic carbocycles. The second-order valence-electron chi connectivity index (χ2n) is 6.34. The van der Waals surface area contributed by atoms with Crippen molar-refractivity contribution < 1.29 is 0 Å². The predicted octanol–water partition coefficient (Wildman–Crippen LogP) is 3.52. The minimum absolute atomic E-state index is 0.0378. The van der Waals surface area contributed by atoms with Crippen molar-refractivity contribution in [2.75, 3.05) is 11.9 Å². The lowest BCUT2D eigenvalue weighted by atomic mass is 9.85. The van der Waals surface area contributed by atoms with Gasteiger partial charge in [0.1, 0.15) is 0 Å². The Labute approximate surface area is 106 Å². The summed E-state index contributed by atoms with van der Waals surface area (Å²) >= 11 is 0. The molecule has 0 aromatic heterocycles. The van der Waals surface area contributed by atoms with Crippen LogP contribution >= 0.6 is 0 Å². The third kappa shape index (κ3) is 4.04. The van der Waals surface area contributed by atoms with Gasteiger partial charge in [0, 0.05) is 11.2 Å². The Balaban J connectivity index is 2.99. The van der Waals surface area contributed by atoms with Gasteiger partial charge in [0.2, 0.25) is 0 Å². The fraction of sp³-hybridized carbons (Fsp3) is 0.600. The molecule has 0 heterocycles. The lowest BCUT2D eigenvalue weighted by molar-refractivity contribution is 0.521. The standard InChI is InChI=1S/C15H26N2/c1-14(2,3)12-8-6-7-9-13(12)17-15(4,5)10-11-16/h6-9,17H,10-11,16H2,1-5H3. The van der Waals surface area contributed by atoms with Gasteiger partial charge in [0.25, 0.3) is 0 Å². The van der Waals surface area contributed by atoms with E-state index in [9.17, 15) is 0 Å². The molecule has 17 heavy (non-hydrogen) atoms. The van der Waals surface area contributed by atoms with E-state index in [-0.39, 0.29) is 11.0 Å². The Morgan fingerprint density at radius 1 is 1.06 bits per heavy atom. The number of hydrogen-bond donors (Lipinski definition) is 2. The van der Waals surface area contributed by atoms with Crippen LogP contribution in [0.1, 0.15) is 46.6 Å². The molecular formula is C15H26N2. The third-order valence-corrected chi connectivity index (χ3v) is 2.98. The summed E-state index contributed by atoms with van der Waals surface area (Å²) in [4.78, 5) is 0. The maximum atomic E-state index is 5.65. The average Bonchev–Trinajstić information content (AvgIpc) is 2.15. The smallest absolute Gasteiger partial charge is 0.0382 e. The summed E-state index contributed by atoms with van der Waals surface area (Å²) in [7, 11) is 0. The van der Waals surface area contributed by atoms with Gasteiger partial charge in [0.05, 0.1) is 0 Å². The van der Waals surface area contributed by atoms with E-state index in [1.807, 2.05) is 0 Å². The summed E-state index contributed by atoms with van der Waals surface area (Å²) in [6.45, 7) is 11.8. The number of benzene rings is 1. The van der Waals surface area contributed by atoms with Gasteiger partial charge in [-0.1, -0.05) is 39.0 Å². The van der Waals surface area contributed by atoms with Crippen LogP contribution in [0.25, 0.3) is 0 Å². The van der Waals surface area contributed by atoms with Gasteiger partial charge in [-0.15, -0.1) is 0 Å². The Morgan fingerprint density at radius 3 is 2.18 bits per heavy atom. The van der Waals surface area contributed by atoms with E-state index < -0.39 is 0 Å². The zero-order valence-corrected chi connectivity index (χ0v) is 11.8. The number of nitrogens with two attached hydrogens (primary N) is 1. The first kappa shape index (κ1) is 14.0. The van der Waals surface area contributed by atoms with E-state index in [4.69, 9.17) is 5.73 Å². The molecule has 0 saturated heterocycles. The van der Waals surface area contributed by atoms with Crippen LogP contribution in [0.3, 0.4) is 0 Å². The van der Waals surface area contributed by atoms with Crippen LogP contribution in [0.2, 0.25) is 0 Å². The molecule has 2 nitrogen and oxygen atoms in total. The maximum absolute atomic E-state index is 5.65. The first-order valence-electron chi connectivity index (χ1n) is 6.34. The lowest BCUT2D eigenvalue weighted by Crippen LogP contribution is -2.34. The van der Waals surface area contributed by atoms with Crippen molar-refractivity contribution in [3.05, 3.63) is 29.8 Å². The highest BCUT2D eigenvalue weighted by Gasteiger charge is 2.22. The summed E-state index contributed by atoms with van der Waals surface area (Å²) in [5, 5.41) is 3.61. The molecule has 0 saturated carbocycles. The molecule has 1 aromatic rings. The lowest BCUT2D eigenvalue weighted by Gasteiger charge is -2.31. The van der Waals surface area contributed by atoms with Crippen LogP contribution < -0.4 is 11.1 Å². The highest BCUT2D eigenvalue weighted by atomic mass is 15.0. The normalized spacial score (nSPS) is 12.6. The second kappa shape index (κ2) is 5.09. The molecule has 0 spiro atoms. The highest BCUT2D eigenvalue weighted by Crippen LogP contribution is 2.31. The molecule has 0 amide bonds. The van der Waals surface area contributed by atoms with Gasteiger partial charge in [-0.25, -0.2) is 0 Å². The van der Waals surface area contributed by atoms with Crippen LogP contribution in [-0.2, 0) is 5.41 Å². The minimum atomic E-state index is 0.0378. The van der Waals surface area contributed by atoms with E-state index in [1.165, 1.54) is 11.3 Å². The van der Waals surface area contributed by atoms with E-state index in [0.29, 0.717) is 6.54 Å². The molecule has 0 aliphatic carbocycles. The maximum Gasteiger partial charge on any atom is 0.0382 e. The first-order valence-corrected chi connectivity index (χ1v) is 6.34. The topological polar surface area (TPSA) is 38.0 Å². The second-order valence-corrected chi connectivity index (χ2v) is 6.34. The fourth-order valence-corrected chi connectivity index (χ4v) is 2.03. The molecule has 1 rings (SSSR count). The molecule has 0 atom stereocenters. The molecule has 0 bridgehead atoms. The Morgan fingerprint density at radius 2 is 1.65 bits per heavy atom. The van der Waals surface area contributed by atoms with Crippen molar-refractivity contribution >= 4 is 5.69 Å². The number of hydrogen-bond acceptors (Lipinski definition) is 2. The Kier molecular flexibility index (Phi) is 4.21. The molecule has 0 aliphatic heterocycles. The summed E-state index contributed by atoms with van der Waals surface area (Å²) in [6, 6.07) is 8.53. The monoisotopic (exact) mass is 234 g/mol. The third-order valence-electron chi connectivity index (χ3n) is 2.98. The van der Waals surface area contributed by atoms with E-state index in [0.717, 1.165) is 6.42 Å². The van der Waals surface area contributed by atoms with Crippen LogP contribution in [0.15, 0.2) is 24.3 Å². The highest BCUT2D eigenvalue weighted by molar-refractivity contribution is 5.55. The molecule has 3 N–H and O–H groups in total. The Bertz CT molecular complexity index is 361. The summed E-state index contributed by atoms with van der Waals surface area (Å²) < 4.78 is 0. The SMILES string of the molecule is CC(C)(CCN)Nc1ccccc1C(C)(C)C.